The van der Waals surface area contributed by atoms with Crippen LogP contribution in [-0.2, 0) is 17.7 Å². The summed E-state index contributed by atoms with van der Waals surface area (Å²) in [6, 6.07) is 5.43. The van der Waals surface area contributed by atoms with Gasteiger partial charge in [-0.1, -0.05) is 12.1 Å². The third-order valence-corrected chi connectivity index (χ3v) is 6.16. The van der Waals surface area contributed by atoms with Crippen LogP contribution in [0.3, 0.4) is 0 Å². The van der Waals surface area contributed by atoms with E-state index in [9.17, 15) is 19.5 Å². The minimum Gasteiger partial charge on any atom is -0.477 e. The zero-order valence-corrected chi connectivity index (χ0v) is 17.6. The van der Waals surface area contributed by atoms with Crippen LogP contribution < -0.4 is 5.56 Å². The maximum Gasteiger partial charge on any atom is 0.346 e. The Balaban J connectivity index is 2.13. The number of methoxy groups -OCH3 is 1. The van der Waals surface area contributed by atoms with Gasteiger partial charge in [0.1, 0.15) is 15.5 Å². The van der Waals surface area contributed by atoms with Gasteiger partial charge in [0.25, 0.3) is 5.56 Å². The number of carboxylic acids is 1. The lowest BCUT2D eigenvalue weighted by molar-refractivity contribution is 0.0701. The van der Waals surface area contributed by atoms with Crippen molar-refractivity contribution in [1.29, 1.82) is 0 Å². The molecule has 0 fully saturated rings. The van der Waals surface area contributed by atoms with Crippen LogP contribution in [0.4, 0.5) is 0 Å². The Kier molecular flexibility index (Phi) is 5.95. The molecular weight excluding hydrogens is 392 g/mol. The highest BCUT2D eigenvalue weighted by molar-refractivity contribution is 7.20. The number of ether oxygens (including phenoxy) is 1. The van der Waals surface area contributed by atoms with Crippen LogP contribution in [-0.4, -0.2) is 40.1 Å². The average Bonchev–Trinajstić information content (AvgIpc) is 3.01. The number of nitrogens with zero attached hydrogens (tertiary/aromatic N) is 2. The van der Waals surface area contributed by atoms with Crippen LogP contribution in [0.25, 0.3) is 10.2 Å². The molecule has 2 heterocycles. The Hall–Kier alpha value is -2.84. The number of aromatic carboxylic acids is 1. The quantitative estimate of drug-likeness (QED) is 0.597. The van der Waals surface area contributed by atoms with Crippen LogP contribution >= 0.6 is 11.3 Å². The predicted octanol–water partition coefficient (Wildman–Crippen LogP) is 3.15. The Morgan fingerprint density at radius 3 is 2.55 bits per heavy atom. The van der Waals surface area contributed by atoms with Crippen molar-refractivity contribution in [1.82, 2.24) is 9.55 Å². The molecule has 0 atom stereocenters. The molecule has 1 N–H and O–H groups in total. The number of aromatic nitrogens is 2. The average molecular weight is 414 g/mol. The summed E-state index contributed by atoms with van der Waals surface area (Å²) in [4.78, 5) is 42.5. The van der Waals surface area contributed by atoms with Gasteiger partial charge in [-0.05, 0) is 43.5 Å². The molecule has 0 bridgehead atoms. The molecule has 3 aromatic rings. The predicted molar refractivity (Wildman–Crippen MR) is 111 cm³/mol. The summed E-state index contributed by atoms with van der Waals surface area (Å²) in [7, 11) is 1.54. The highest BCUT2D eigenvalue weighted by Gasteiger charge is 2.22. The smallest absolute Gasteiger partial charge is 0.346 e. The van der Waals surface area contributed by atoms with E-state index in [1.807, 2.05) is 26.0 Å². The summed E-state index contributed by atoms with van der Waals surface area (Å²) < 4.78 is 6.44. The molecule has 152 valence electrons. The number of ketones is 1. The number of hydrogen-bond acceptors (Lipinski definition) is 6. The van der Waals surface area contributed by atoms with Gasteiger partial charge in [-0.2, -0.15) is 0 Å². The summed E-state index contributed by atoms with van der Waals surface area (Å²) >= 11 is 0.972. The fourth-order valence-corrected chi connectivity index (χ4v) is 4.19. The molecule has 1 aromatic carbocycles. The van der Waals surface area contributed by atoms with Gasteiger partial charge >= 0.3 is 5.97 Å². The number of carbonyl (C=O) groups excluding carboxylic acids is 1. The first-order chi connectivity index (χ1) is 13.7. The number of hydrogen-bond donors (Lipinski definition) is 1. The second kappa shape index (κ2) is 8.26. The van der Waals surface area contributed by atoms with E-state index in [0.717, 1.165) is 22.5 Å². The molecule has 0 aliphatic rings. The van der Waals surface area contributed by atoms with E-state index in [0.29, 0.717) is 34.8 Å². The molecule has 0 saturated carbocycles. The first-order valence-electron chi connectivity index (χ1n) is 9.10. The SMILES string of the molecule is COCCc1nc2sc(C(=O)O)c(C)c2c(=O)n1CC(=O)c1ccc(C)c(C)c1. The van der Waals surface area contributed by atoms with Gasteiger partial charge in [0, 0.05) is 19.1 Å². The summed E-state index contributed by atoms with van der Waals surface area (Å²) in [6.45, 7) is 5.65. The Labute approximate surface area is 171 Å². The van der Waals surface area contributed by atoms with Crippen LogP contribution in [0.2, 0.25) is 0 Å². The van der Waals surface area contributed by atoms with Crippen LogP contribution in [0, 0.1) is 20.8 Å². The largest absolute Gasteiger partial charge is 0.477 e. The number of Topliss-reactive ketones (excluding diaryl/α,β-unsaturated/α-hetero) is 1. The van der Waals surface area contributed by atoms with Crippen molar-refractivity contribution in [3.63, 3.8) is 0 Å². The fraction of sp³-hybridized carbons (Fsp3) is 0.333. The van der Waals surface area contributed by atoms with Crippen molar-refractivity contribution in [3.05, 3.63) is 61.5 Å². The van der Waals surface area contributed by atoms with Crippen LogP contribution in [0.1, 0.15) is 42.5 Å². The number of carbonyl (C=O) groups is 2. The maximum atomic E-state index is 13.2. The van der Waals surface area contributed by atoms with Gasteiger partial charge in [-0.25, -0.2) is 9.78 Å². The molecular formula is C21H22N2O5S. The van der Waals surface area contributed by atoms with Crippen LogP contribution in [0.5, 0.6) is 0 Å². The molecule has 0 unspecified atom stereocenters. The minimum atomic E-state index is -1.10. The Bertz CT molecular complexity index is 1180. The standard InChI is InChI=1S/C21H22N2O5S/c1-11-5-6-14(9-12(11)2)15(24)10-23-16(7-8-28-4)22-19-17(20(23)25)13(3)18(29-19)21(26)27/h5-6,9H,7-8,10H2,1-4H3,(H,26,27). The molecule has 0 saturated heterocycles. The van der Waals surface area contributed by atoms with Crippen LogP contribution in [0.15, 0.2) is 23.0 Å². The Morgan fingerprint density at radius 2 is 1.93 bits per heavy atom. The molecule has 7 nitrogen and oxygen atoms in total. The second-order valence-corrected chi connectivity index (χ2v) is 7.92. The zero-order valence-electron chi connectivity index (χ0n) is 16.7. The summed E-state index contributed by atoms with van der Waals surface area (Å²) in [5, 5.41) is 9.63. The lowest BCUT2D eigenvalue weighted by Gasteiger charge is -2.12. The monoisotopic (exact) mass is 414 g/mol. The summed E-state index contributed by atoms with van der Waals surface area (Å²) in [5.74, 6) is -0.901. The van der Waals surface area contributed by atoms with Gasteiger partial charge in [-0.3, -0.25) is 14.2 Å². The van der Waals surface area contributed by atoms with Crippen molar-refractivity contribution in [2.45, 2.75) is 33.7 Å². The third-order valence-electron chi connectivity index (χ3n) is 4.98. The van der Waals surface area contributed by atoms with Gasteiger partial charge in [0.05, 0.1) is 18.5 Å². The topological polar surface area (TPSA) is 98.5 Å². The molecule has 0 amide bonds. The van der Waals surface area contributed by atoms with Gasteiger partial charge in [-0.15, -0.1) is 11.3 Å². The molecule has 29 heavy (non-hydrogen) atoms. The normalized spacial score (nSPS) is 11.2. The van der Waals surface area contributed by atoms with Crippen molar-refractivity contribution in [2.75, 3.05) is 13.7 Å². The molecule has 8 heteroatoms. The van der Waals surface area contributed by atoms with E-state index >= 15 is 0 Å². The number of fused-ring (bicyclic) bond motifs is 1. The Morgan fingerprint density at radius 1 is 1.21 bits per heavy atom. The number of aryl methyl sites for hydroxylation is 3. The maximum absolute atomic E-state index is 13.2. The molecule has 0 radical (unpaired) electrons. The molecule has 0 spiro atoms. The van der Waals surface area contributed by atoms with E-state index in [1.165, 1.54) is 4.57 Å². The van der Waals surface area contributed by atoms with E-state index in [2.05, 4.69) is 4.98 Å². The molecule has 0 aliphatic heterocycles. The number of thiophene rings is 1. The number of benzene rings is 1. The lowest BCUT2D eigenvalue weighted by Crippen LogP contribution is -2.29. The molecule has 3 rings (SSSR count). The first-order valence-corrected chi connectivity index (χ1v) is 9.91. The minimum absolute atomic E-state index is 0.0838. The highest BCUT2D eigenvalue weighted by atomic mass is 32.1. The van der Waals surface area contributed by atoms with Gasteiger partial charge in [0.2, 0.25) is 0 Å². The van der Waals surface area contributed by atoms with E-state index in [1.54, 1.807) is 20.1 Å². The summed E-state index contributed by atoms with van der Waals surface area (Å²) in [6.07, 6.45) is 0.335. The molecule has 2 aromatic heterocycles. The fourth-order valence-electron chi connectivity index (χ4n) is 3.16. The van der Waals surface area contributed by atoms with Crippen molar-refractivity contribution in [2.24, 2.45) is 0 Å². The highest BCUT2D eigenvalue weighted by Crippen LogP contribution is 2.27. The summed E-state index contributed by atoms with van der Waals surface area (Å²) in [5.41, 5.74) is 2.57. The van der Waals surface area contributed by atoms with Crippen molar-refractivity contribution < 1.29 is 19.4 Å². The van der Waals surface area contributed by atoms with E-state index in [4.69, 9.17) is 4.74 Å². The van der Waals surface area contributed by atoms with Crippen molar-refractivity contribution in [3.8, 4) is 0 Å². The number of carboxylic acid groups (broad SMARTS) is 1. The second-order valence-electron chi connectivity index (χ2n) is 6.93. The third kappa shape index (κ3) is 3.99. The van der Waals surface area contributed by atoms with E-state index in [-0.39, 0.29) is 22.6 Å². The van der Waals surface area contributed by atoms with Gasteiger partial charge < -0.3 is 9.84 Å². The number of rotatable bonds is 7. The van der Waals surface area contributed by atoms with E-state index < -0.39 is 11.5 Å². The van der Waals surface area contributed by atoms with Gasteiger partial charge in [0.15, 0.2) is 5.78 Å². The lowest BCUT2D eigenvalue weighted by atomic mass is 10.0. The van der Waals surface area contributed by atoms with Crippen molar-refractivity contribution >= 4 is 33.3 Å². The first kappa shape index (κ1) is 20.9. The zero-order chi connectivity index (χ0) is 21.3. The molecule has 0 aliphatic carbocycles.